The van der Waals surface area contributed by atoms with Crippen LogP contribution in [0.2, 0.25) is 0 Å². The number of alkyl halides is 4. The second kappa shape index (κ2) is 16.0. The Labute approximate surface area is 271 Å². The van der Waals surface area contributed by atoms with Crippen molar-refractivity contribution in [2.75, 3.05) is 12.4 Å². The molecule has 1 aromatic carbocycles. The second-order valence-electron chi connectivity index (χ2n) is 13.5. The number of carbonyl (C=O) groups excluding carboxylic acids is 1. The monoisotopic (exact) mass is 656 g/mol. The van der Waals surface area contributed by atoms with Gasteiger partial charge in [0.2, 0.25) is 0 Å². The summed E-state index contributed by atoms with van der Waals surface area (Å²) in [6.45, 7) is 0.660. The number of hydroxylamine groups is 1. The molecule has 5 N–H and O–H groups in total. The molecule has 45 heavy (non-hydrogen) atoms. The standard InChI is InChI=1S/C33H52ClF3N6O2/c1-45-42-28-21-27(33(35,36)37)43(25-14-10-6-7-11-15-25)30(40-28)41-31(44)39-24-17-16-23-22-38-29(34)32(26(23)20-24)18-12-8-4-2-3-5-9-13-19-32/h16-17,20,25,27-30,38,40,42H,2-15,18-19,21-22H2,1H3,(H2,39,41,44). The molecular weight excluding hydrogens is 605 g/mol. The number of anilines is 1. The molecule has 1 spiro atoms. The van der Waals surface area contributed by atoms with Crippen LogP contribution >= 0.6 is 11.6 Å². The van der Waals surface area contributed by atoms with Crippen molar-refractivity contribution in [1.29, 1.82) is 0 Å². The maximum atomic E-state index is 14.5. The van der Waals surface area contributed by atoms with E-state index in [0.717, 1.165) is 51.4 Å². The Balaban J connectivity index is 1.37. The molecular formula is C33H52ClF3N6O2. The van der Waals surface area contributed by atoms with E-state index in [1.54, 1.807) is 0 Å². The molecule has 8 nitrogen and oxygen atoms in total. The van der Waals surface area contributed by atoms with E-state index in [-0.39, 0.29) is 23.4 Å². The van der Waals surface area contributed by atoms with E-state index in [1.807, 2.05) is 12.1 Å². The largest absolute Gasteiger partial charge is 0.404 e. The molecule has 254 valence electrons. The number of hydrogen-bond donors (Lipinski definition) is 5. The topological polar surface area (TPSA) is 89.7 Å². The Morgan fingerprint density at radius 2 is 1.60 bits per heavy atom. The summed E-state index contributed by atoms with van der Waals surface area (Å²) in [6.07, 6.45) is 10.2. The maximum Gasteiger partial charge on any atom is 0.404 e. The third-order valence-corrected chi connectivity index (χ3v) is 11.1. The summed E-state index contributed by atoms with van der Waals surface area (Å²) in [7, 11) is 1.38. The van der Waals surface area contributed by atoms with Gasteiger partial charge >= 0.3 is 12.2 Å². The number of amides is 2. The molecule has 2 aliphatic carbocycles. The lowest BCUT2D eigenvalue weighted by Gasteiger charge is -2.49. The van der Waals surface area contributed by atoms with Crippen molar-refractivity contribution in [3.8, 4) is 0 Å². The summed E-state index contributed by atoms with van der Waals surface area (Å²) >= 11 is 7.09. The van der Waals surface area contributed by atoms with Crippen LogP contribution in [0.3, 0.4) is 0 Å². The average Bonchev–Trinajstić information content (AvgIpc) is 3.31. The van der Waals surface area contributed by atoms with Gasteiger partial charge in [0.05, 0.1) is 18.8 Å². The molecule has 1 aromatic rings. The van der Waals surface area contributed by atoms with Gasteiger partial charge in [-0.2, -0.15) is 18.7 Å². The first-order valence-electron chi connectivity index (χ1n) is 17.2. The predicted octanol–water partition coefficient (Wildman–Crippen LogP) is 7.34. The van der Waals surface area contributed by atoms with Crippen molar-refractivity contribution in [1.82, 2.24) is 26.3 Å². The van der Waals surface area contributed by atoms with Gasteiger partial charge in [-0.1, -0.05) is 83.1 Å². The molecule has 2 heterocycles. The van der Waals surface area contributed by atoms with Crippen LogP contribution in [0, 0.1) is 0 Å². The molecule has 2 aliphatic heterocycles. The first kappa shape index (κ1) is 34.7. The van der Waals surface area contributed by atoms with Crippen LogP contribution in [0.25, 0.3) is 0 Å². The minimum Gasteiger partial charge on any atom is -0.309 e. The van der Waals surface area contributed by atoms with Gasteiger partial charge in [0.1, 0.15) is 12.3 Å². The highest BCUT2D eigenvalue weighted by atomic mass is 35.5. The van der Waals surface area contributed by atoms with Crippen molar-refractivity contribution >= 4 is 23.3 Å². The minimum atomic E-state index is -4.47. The number of benzene rings is 1. The van der Waals surface area contributed by atoms with Gasteiger partial charge in [0.25, 0.3) is 0 Å². The fourth-order valence-corrected chi connectivity index (χ4v) is 8.63. The number of fused-ring (bicyclic) bond motifs is 2. The zero-order chi connectivity index (χ0) is 31.9. The molecule has 12 heteroatoms. The number of halogens is 4. The van der Waals surface area contributed by atoms with Crippen molar-refractivity contribution < 1.29 is 22.8 Å². The summed E-state index contributed by atoms with van der Waals surface area (Å²) in [5.41, 5.74) is 5.16. The fraction of sp³-hybridized carbons (Fsp3) is 0.788. The molecule has 3 fully saturated rings. The molecule has 2 amide bonds. The number of nitrogens with one attached hydrogen (secondary N) is 5. The van der Waals surface area contributed by atoms with Crippen molar-refractivity contribution in [2.24, 2.45) is 0 Å². The zero-order valence-corrected chi connectivity index (χ0v) is 27.4. The Morgan fingerprint density at radius 3 is 2.22 bits per heavy atom. The zero-order valence-electron chi connectivity index (χ0n) is 26.6. The maximum absolute atomic E-state index is 14.5. The van der Waals surface area contributed by atoms with Gasteiger partial charge < -0.3 is 15.5 Å². The number of rotatable bonds is 5. The molecule has 4 unspecified atom stereocenters. The van der Waals surface area contributed by atoms with E-state index in [2.05, 4.69) is 32.8 Å². The normalized spacial score (nSPS) is 29.3. The molecule has 0 radical (unpaired) electrons. The highest BCUT2D eigenvalue weighted by Crippen LogP contribution is 2.46. The van der Waals surface area contributed by atoms with Gasteiger partial charge in [0, 0.05) is 30.1 Å². The highest BCUT2D eigenvalue weighted by Gasteiger charge is 2.52. The molecule has 0 bridgehead atoms. The smallest absolute Gasteiger partial charge is 0.309 e. The van der Waals surface area contributed by atoms with Gasteiger partial charge in [-0.15, -0.1) is 11.6 Å². The van der Waals surface area contributed by atoms with Crippen LogP contribution in [0.5, 0.6) is 0 Å². The SMILES string of the molecule is CONC1CC(C(F)(F)F)N(C2CCCCCC2)C(NC(=O)Nc2ccc3c(c2)C2(CCCCCCCCCC2)C(Cl)NC3)N1. The molecule has 0 aromatic heterocycles. The van der Waals surface area contributed by atoms with Crippen LogP contribution in [0.15, 0.2) is 18.2 Å². The van der Waals surface area contributed by atoms with Crippen LogP contribution in [-0.4, -0.2) is 54.3 Å². The molecule has 4 aliphatic rings. The number of urea groups is 1. The lowest BCUT2D eigenvalue weighted by molar-refractivity contribution is -0.219. The van der Waals surface area contributed by atoms with Crippen molar-refractivity contribution in [3.63, 3.8) is 0 Å². The summed E-state index contributed by atoms with van der Waals surface area (Å²) in [5, 5.41) is 12.5. The summed E-state index contributed by atoms with van der Waals surface area (Å²) in [6, 6.07) is 3.39. The Kier molecular flexibility index (Phi) is 12.3. The minimum absolute atomic E-state index is 0.209. The molecule has 1 saturated heterocycles. The van der Waals surface area contributed by atoms with E-state index in [1.165, 1.54) is 61.7 Å². The van der Waals surface area contributed by atoms with E-state index >= 15 is 0 Å². The van der Waals surface area contributed by atoms with Gasteiger partial charge in [-0.3, -0.25) is 15.5 Å². The van der Waals surface area contributed by atoms with E-state index in [9.17, 15) is 18.0 Å². The first-order valence-corrected chi connectivity index (χ1v) is 17.6. The van der Waals surface area contributed by atoms with Crippen LogP contribution < -0.4 is 26.7 Å². The van der Waals surface area contributed by atoms with Crippen LogP contribution in [0.4, 0.5) is 23.7 Å². The van der Waals surface area contributed by atoms with Gasteiger partial charge in [-0.25, -0.2) is 4.79 Å². The average molecular weight is 657 g/mol. The summed E-state index contributed by atoms with van der Waals surface area (Å²) in [4.78, 5) is 20.0. The first-order chi connectivity index (χ1) is 21.7. The lowest BCUT2D eigenvalue weighted by Crippen LogP contribution is -2.73. The van der Waals surface area contributed by atoms with Crippen LogP contribution in [-0.2, 0) is 16.8 Å². The molecule has 5 rings (SSSR count). The quantitative estimate of drug-likeness (QED) is 0.0987. The lowest BCUT2D eigenvalue weighted by atomic mass is 9.69. The van der Waals surface area contributed by atoms with Crippen molar-refractivity contribution in [3.05, 3.63) is 29.3 Å². The van der Waals surface area contributed by atoms with E-state index < -0.39 is 30.7 Å². The number of carbonyl (C=O) groups is 1. The predicted molar refractivity (Wildman–Crippen MR) is 172 cm³/mol. The second-order valence-corrected chi connectivity index (χ2v) is 14.0. The van der Waals surface area contributed by atoms with E-state index in [4.69, 9.17) is 16.4 Å². The van der Waals surface area contributed by atoms with Crippen LogP contribution in [0.1, 0.15) is 120 Å². The summed E-state index contributed by atoms with van der Waals surface area (Å²) < 4.78 is 43.6. The fourth-order valence-electron chi connectivity index (χ4n) is 8.22. The third kappa shape index (κ3) is 8.65. The van der Waals surface area contributed by atoms with E-state index in [0.29, 0.717) is 25.1 Å². The number of nitrogens with zero attached hydrogens (tertiary/aromatic N) is 1. The van der Waals surface area contributed by atoms with Crippen molar-refractivity contribution in [2.45, 2.75) is 157 Å². The third-order valence-electron chi connectivity index (χ3n) is 10.5. The van der Waals surface area contributed by atoms with Gasteiger partial charge in [-0.05, 0) is 48.9 Å². The highest BCUT2D eigenvalue weighted by molar-refractivity contribution is 6.21. The Bertz CT molecular complexity index is 1090. The molecule has 4 atom stereocenters. The Hall–Kier alpha value is -1.63. The summed E-state index contributed by atoms with van der Waals surface area (Å²) in [5.74, 6) is 0. The Morgan fingerprint density at radius 1 is 0.978 bits per heavy atom. The van der Waals surface area contributed by atoms with Gasteiger partial charge in [0.15, 0.2) is 0 Å². The molecule has 2 saturated carbocycles. The number of hydrogen-bond acceptors (Lipinski definition) is 6.